The molecule has 0 aliphatic carbocycles. The van der Waals surface area contributed by atoms with E-state index in [9.17, 15) is 38.4 Å². The van der Waals surface area contributed by atoms with E-state index in [2.05, 4.69) is 41.9 Å². The summed E-state index contributed by atoms with van der Waals surface area (Å²) in [4.78, 5) is 114. The first-order valence-corrected chi connectivity index (χ1v) is 22.2. The van der Waals surface area contributed by atoms with Gasteiger partial charge in [0.15, 0.2) is 5.96 Å². The van der Waals surface area contributed by atoms with Crippen LogP contribution in [0.15, 0.2) is 65.8 Å². The van der Waals surface area contributed by atoms with Gasteiger partial charge in [-0.3, -0.25) is 43.3 Å². The fourth-order valence-corrected chi connectivity index (χ4v) is 7.09. The number of hydrogen-bond donors (Lipinski definition) is 11. The van der Waals surface area contributed by atoms with E-state index in [4.69, 9.17) is 22.9 Å². The molecule has 8 amide bonds. The molecule has 66 heavy (non-hydrogen) atoms. The zero-order chi connectivity index (χ0) is 48.4. The summed E-state index contributed by atoms with van der Waals surface area (Å²) in [5.74, 6) is -5.23. The van der Waals surface area contributed by atoms with Crippen molar-refractivity contribution in [3.05, 3.63) is 71.9 Å². The number of carbonyl (C=O) groups excluding carboxylic acids is 8. The van der Waals surface area contributed by atoms with Gasteiger partial charge in [-0.2, -0.15) is 0 Å². The summed E-state index contributed by atoms with van der Waals surface area (Å²) in [5.41, 5.74) is 24.2. The van der Waals surface area contributed by atoms with Gasteiger partial charge in [-0.05, 0) is 62.3 Å². The average Bonchev–Trinajstić information content (AvgIpc) is 3.69. The van der Waals surface area contributed by atoms with Crippen molar-refractivity contribution in [1.29, 1.82) is 0 Å². The fraction of sp³-hybridized carbons (Fsp3) is 0.489. The summed E-state index contributed by atoms with van der Waals surface area (Å²) < 4.78 is 0. The molecule has 2 aromatic carbocycles. The van der Waals surface area contributed by atoms with Gasteiger partial charge in [0.1, 0.15) is 24.2 Å². The van der Waals surface area contributed by atoms with Gasteiger partial charge >= 0.3 is 0 Å². The minimum Gasteiger partial charge on any atom is -0.370 e. The molecule has 0 saturated carbocycles. The van der Waals surface area contributed by atoms with Crippen molar-refractivity contribution >= 4 is 64.1 Å². The number of aromatic amines is 1. The van der Waals surface area contributed by atoms with Crippen LogP contribution in [0.4, 0.5) is 0 Å². The third kappa shape index (κ3) is 19.4. The number of nitrogens with zero attached hydrogens (tertiary/aromatic N) is 2. The molecule has 0 radical (unpaired) electrons. The van der Waals surface area contributed by atoms with Crippen molar-refractivity contribution in [3.8, 4) is 0 Å². The monoisotopic (exact) mass is 918 g/mol. The lowest BCUT2D eigenvalue weighted by Crippen LogP contribution is -2.58. The van der Waals surface area contributed by atoms with Crippen LogP contribution < -0.4 is 54.8 Å². The molecule has 0 saturated heterocycles. The fourth-order valence-electron chi connectivity index (χ4n) is 7.09. The number of para-hydroxylation sites is 1. The van der Waals surface area contributed by atoms with Gasteiger partial charge in [-0.25, -0.2) is 0 Å². The number of nitrogens with one attached hydrogen (secondary N) is 7. The van der Waals surface area contributed by atoms with E-state index < -0.39 is 91.1 Å². The number of guanidine groups is 1. The van der Waals surface area contributed by atoms with Gasteiger partial charge < -0.3 is 64.7 Å². The average molecular weight is 918 g/mol. The molecule has 0 fully saturated rings. The van der Waals surface area contributed by atoms with Gasteiger partial charge in [0.05, 0.1) is 19.6 Å². The number of nitrogens with two attached hydrogens (primary N) is 4. The van der Waals surface area contributed by atoms with Crippen LogP contribution >= 0.6 is 0 Å². The van der Waals surface area contributed by atoms with Crippen LogP contribution in [0, 0.1) is 0 Å². The number of aromatic nitrogens is 1. The number of unbranched alkanes of at least 4 members (excludes halogenated alkanes) is 3. The molecule has 0 unspecified atom stereocenters. The normalized spacial score (nSPS) is 12.7. The second-order valence-electron chi connectivity index (χ2n) is 15.9. The Kier molecular flexibility index (Phi) is 23.2. The first kappa shape index (κ1) is 53.3. The van der Waals surface area contributed by atoms with Crippen LogP contribution in [-0.2, 0) is 51.2 Å². The van der Waals surface area contributed by atoms with Crippen molar-refractivity contribution in [2.75, 3.05) is 39.3 Å². The molecule has 1 heterocycles. The Bertz CT molecular complexity index is 2110. The van der Waals surface area contributed by atoms with Crippen LogP contribution in [0.1, 0.15) is 76.3 Å². The van der Waals surface area contributed by atoms with E-state index >= 15 is 0 Å². The zero-order valence-corrected chi connectivity index (χ0v) is 37.9. The van der Waals surface area contributed by atoms with E-state index in [0.29, 0.717) is 56.2 Å². The number of aliphatic imine (C=N–C) groups is 1. The van der Waals surface area contributed by atoms with Crippen LogP contribution in [-0.4, -0.2) is 127 Å². The minimum absolute atomic E-state index is 0.00192. The van der Waals surface area contributed by atoms with Gasteiger partial charge in [0.2, 0.25) is 47.3 Å². The summed E-state index contributed by atoms with van der Waals surface area (Å²) in [7, 11) is 0. The highest BCUT2D eigenvalue weighted by molar-refractivity contribution is 5.96. The predicted octanol–water partition coefficient (Wildman–Crippen LogP) is -1.17. The SMILES string of the molecule is CCCC[C@H](NC(C)=O)C(=O)NCC(=O)N[C@@H](CCCCN)C(=O)N[C@H](Cc1ccccc1)C(=O)N(CCCCN=C(N)N)CC(=O)N[C@@H](Cc1c[nH]c2ccccc12)C(=O)NCC(N)=O. The van der Waals surface area contributed by atoms with Crippen molar-refractivity contribution in [2.45, 2.75) is 102 Å². The molecule has 21 nitrogen and oxygen atoms in total. The maximum Gasteiger partial charge on any atom is 0.245 e. The minimum atomic E-state index is -1.25. The number of fused-ring (bicyclic) bond motifs is 1. The van der Waals surface area contributed by atoms with Gasteiger partial charge in [-0.15, -0.1) is 0 Å². The molecule has 0 aliphatic heterocycles. The lowest BCUT2D eigenvalue weighted by atomic mass is 10.0. The smallest absolute Gasteiger partial charge is 0.245 e. The molecule has 0 aliphatic rings. The quantitative estimate of drug-likeness (QED) is 0.0215. The van der Waals surface area contributed by atoms with Crippen molar-refractivity contribution in [3.63, 3.8) is 0 Å². The molecule has 1 aromatic heterocycles. The number of hydrogen-bond acceptors (Lipinski definition) is 10. The molecule has 3 aromatic rings. The zero-order valence-electron chi connectivity index (χ0n) is 37.9. The highest BCUT2D eigenvalue weighted by atomic mass is 16.2. The van der Waals surface area contributed by atoms with Crippen molar-refractivity contribution < 1.29 is 38.4 Å². The maximum absolute atomic E-state index is 14.7. The second-order valence-corrected chi connectivity index (χ2v) is 15.9. The van der Waals surface area contributed by atoms with E-state index in [1.807, 2.05) is 31.2 Å². The van der Waals surface area contributed by atoms with Crippen LogP contribution in [0.2, 0.25) is 0 Å². The standard InChI is InChI=1S/C45H67N13O8/c1-3-4-17-34(54-29(2)59)41(63)53-27-39(61)55-35(19-10-11-20-46)43(65)57-37(23-30-14-6-5-7-15-30)44(66)58(22-13-12-21-50-45(48)49)28-40(62)56-36(42(64)52-26-38(47)60)24-31-25-51-33-18-9-8-16-32(31)33/h5-9,14-16,18,25,34-37,51H,3-4,10-13,17,19-24,26-28,46H2,1-2H3,(H2,47,60)(H,52,64)(H,53,63)(H,54,59)(H,55,61)(H,56,62)(H,57,65)(H4,48,49,50)/t34-,35-,36-,37+/m0/s1. The van der Waals surface area contributed by atoms with Crippen molar-refractivity contribution in [2.24, 2.45) is 27.9 Å². The lowest BCUT2D eigenvalue weighted by molar-refractivity contribution is -0.140. The Balaban J connectivity index is 1.90. The Morgan fingerprint density at radius 3 is 2.02 bits per heavy atom. The highest BCUT2D eigenvalue weighted by Crippen LogP contribution is 2.19. The van der Waals surface area contributed by atoms with Crippen LogP contribution in [0.3, 0.4) is 0 Å². The van der Waals surface area contributed by atoms with Crippen LogP contribution in [0.25, 0.3) is 10.9 Å². The van der Waals surface area contributed by atoms with E-state index in [1.165, 1.54) is 11.8 Å². The molecular weight excluding hydrogens is 851 g/mol. The molecular formula is C45H67N13O8. The number of carbonyl (C=O) groups is 8. The molecule has 0 spiro atoms. The van der Waals surface area contributed by atoms with Gasteiger partial charge in [0.25, 0.3) is 0 Å². The molecule has 15 N–H and O–H groups in total. The summed E-state index contributed by atoms with van der Waals surface area (Å²) in [6.45, 7) is 2.32. The molecule has 4 atom stereocenters. The first-order valence-electron chi connectivity index (χ1n) is 22.2. The molecule has 21 heteroatoms. The Hall–Kier alpha value is -7.03. The van der Waals surface area contributed by atoms with Gasteiger partial charge in [-0.1, -0.05) is 68.3 Å². The van der Waals surface area contributed by atoms with E-state index in [-0.39, 0.29) is 38.3 Å². The lowest BCUT2D eigenvalue weighted by Gasteiger charge is -2.30. The maximum atomic E-state index is 14.7. The second kappa shape index (κ2) is 28.7. The Morgan fingerprint density at radius 1 is 0.682 bits per heavy atom. The summed E-state index contributed by atoms with van der Waals surface area (Å²) >= 11 is 0. The Morgan fingerprint density at radius 2 is 1.33 bits per heavy atom. The number of rotatable bonds is 30. The number of primary amides is 1. The third-order valence-corrected chi connectivity index (χ3v) is 10.4. The number of H-pyrrole nitrogens is 1. The van der Waals surface area contributed by atoms with E-state index in [1.54, 1.807) is 36.5 Å². The first-order chi connectivity index (χ1) is 31.6. The molecule has 0 bridgehead atoms. The number of amides is 8. The predicted molar refractivity (Wildman–Crippen MR) is 250 cm³/mol. The summed E-state index contributed by atoms with van der Waals surface area (Å²) in [6, 6.07) is 11.8. The number of benzene rings is 2. The largest absolute Gasteiger partial charge is 0.370 e. The van der Waals surface area contributed by atoms with Gasteiger partial charge in [0, 0.05) is 50.0 Å². The summed E-state index contributed by atoms with van der Waals surface area (Å²) in [6.07, 6.45) is 5.44. The topological polar surface area (TPSA) is 344 Å². The van der Waals surface area contributed by atoms with Crippen molar-refractivity contribution in [1.82, 2.24) is 41.8 Å². The Labute approximate surface area is 384 Å². The molecule has 3 rings (SSSR count). The highest BCUT2D eigenvalue weighted by Gasteiger charge is 2.32. The third-order valence-electron chi connectivity index (χ3n) is 10.4. The summed E-state index contributed by atoms with van der Waals surface area (Å²) in [5, 5.41) is 16.6. The molecule has 360 valence electrons. The van der Waals surface area contributed by atoms with E-state index in [0.717, 1.165) is 17.3 Å². The van der Waals surface area contributed by atoms with Crippen LogP contribution in [0.5, 0.6) is 0 Å².